The second kappa shape index (κ2) is 11.6. The molecule has 8 nitrogen and oxygen atoms in total. The summed E-state index contributed by atoms with van der Waals surface area (Å²) in [6.07, 6.45) is 1.81. The molecule has 0 aliphatic heterocycles. The van der Waals surface area contributed by atoms with Crippen LogP contribution in [0.5, 0.6) is 5.75 Å². The van der Waals surface area contributed by atoms with Crippen LogP contribution in [-0.4, -0.2) is 29.4 Å². The molecule has 2 rings (SSSR count). The first-order chi connectivity index (χ1) is 16.2. The van der Waals surface area contributed by atoms with E-state index in [2.05, 4.69) is 10.6 Å². The average Bonchev–Trinajstić information content (AvgIpc) is 2.73. The molecule has 0 aliphatic rings. The Morgan fingerprint density at radius 3 is 1.74 bits per heavy atom. The molecule has 0 radical (unpaired) electrons. The second-order valence-electron chi connectivity index (χ2n) is 9.80. The Morgan fingerprint density at radius 1 is 0.771 bits per heavy atom. The second-order valence-corrected chi connectivity index (χ2v) is 9.80. The van der Waals surface area contributed by atoms with Crippen LogP contribution in [0.4, 0.5) is 21.0 Å². The molecule has 2 aromatic carbocycles. The van der Waals surface area contributed by atoms with Gasteiger partial charge in [-0.25, -0.2) is 14.4 Å². The number of rotatable bonds is 7. The van der Waals surface area contributed by atoms with Gasteiger partial charge in [-0.15, -0.1) is 0 Å². The van der Waals surface area contributed by atoms with Crippen molar-refractivity contribution in [2.75, 3.05) is 10.6 Å². The maximum absolute atomic E-state index is 12.1. The fourth-order valence-electron chi connectivity index (χ4n) is 2.52. The summed E-state index contributed by atoms with van der Waals surface area (Å²) in [6, 6.07) is 13.3. The quantitative estimate of drug-likeness (QED) is 0.261. The van der Waals surface area contributed by atoms with Gasteiger partial charge in [0, 0.05) is 17.5 Å². The standard InChI is InChI=1S/C27H34N2O6/c1-18(2)27(6,7)35-25(32)29-20-11-8-19(9-12-20)10-17-23(30)33-22-15-13-21(14-16-22)28-24(31)34-26(3,4)5/h8-18H,1-7H3,(H,28,31)(H,29,32)/b17-10+. The van der Waals surface area contributed by atoms with E-state index in [-0.39, 0.29) is 5.92 Å². The van der Waals surface area contributed by atoms with Gasteiger partial charge in [0.25, 0.3) is 0 Å². The highest BCUT2D eigenvalue weighted by Gasteiger charge is 2.26. The Bertz CT molecular complexity index is 1050. The highest BCUT2D eigenvalue weighted by Crippen LogP contribution is 2.22. The number of amides is 2. The van der Waals surface area contributed by atoms with E-state index >= 15 is 0 Å². The van der Waals surface area contributed by atoms with E-state index < -0.39 is 29.4 Å². The lowest BCUT2D eigenvalue weighted by atomic mass is 9.95. The third-order valence-corrected chi connectivity index (χ3v) is 5.03. The van der Waals surface area contributed by atoms with Crippen LogP contribution in [0.1, 0.15) is 54.0 Å². The van der Waals surface area contributed by atoms with Gasteiger partial charge in [-0.2, -0.15) is 0 Å². The molecule has 0 fully saturated rings. The average molecular weight is 483 g/mol. The topological polar surface area (TPSA) is 103 Å². The van der Waals surface area contributed by atoms with Crippen molar-refractivity contribution in [3.05, 3.63) is 60.2 Å². The number of hydrogen-bond acceptors (Lipinski definition) is 6. The van der Waals surface area contributed by atoms with Crippen molar-refractivity contribution in [3.63, 3.8) is 0 Å². The van der Waals surface area contributed by atoms with Gasteiger partial charge in [0.2, 0.25) is 0 Å². The molecule has 2 aromatic rings. The van der Waals surface area contributed by atoms with Crippen LogP contribution < -0.4 is 15.4 Å². The summed E-state index contributed by atoms with van der Waals surface area (Å²) in [5, 5.41) is 5.30. The van der Waals surface area contributed by atoms with Crippen molar-refractivity contribution < 1.29 is 28.6 Å². The van der Waals surface area contributed by atoms with Crippen molar-refractivity contribution in [1.29, 1.82) is 0 Å². The molecule has 0 heterocycles. The molecule has 2 amide bonds. The number of carbonyl (C=O) groups excluding carboxylic acids is 3. The first-order valence-electron chi connectivity index (χ1n) is 11.3. The van der Waals surface area contributed by atoms with Crippen molar-refractivity contribution >= 4 is 35.6 Å². The van der Waals surface area contributed by atoms with Crippen LogP contribution in [0.3, 0.4) is 0 Å². The summed E-state index contributed by atoms with van der Waals surface area (Å²) >= 11 is 0. The number of ether oxygens (including phenoxy) is 3. The number of hydrogen-bond donors (Lipinski definition) is 2. The molecule has 0 aromatic heterocycles. The van der Waals surface area contributed by atoms with Crippen molar-refractivity contribution in [3.8, 4) is 5.75 Å². The smallest absolute Gasteiger partial charge is 0.412 e. The van der Waals surface area contributed by atoms with E-state index in [0.717, 1.165) is 5.56 Å². The van der Waals surface area contributed by atoms with E-state index in [1.165, 1.54) is 6.08 Å². The van der Waals surface area contributed by atoms with Gasteiger partial charge in [-0.05, 0) is 88.6 Å². The molecular formula is C27H34N2O6. The van der Waals surface area contributed by atoms with Crippen LogP contribution in [-0.2, 0) is 14.3 Å². The van der Waals surface area contributed by atoms with E-state index in [4.69, 9.17) is 14.2 Å². The number of nitrogens with one attached hydrogen (secondary N) is 2. The van der Waals surface area contributed by atoms with Crippen LogP contribution >= 0.6 is 0 Å². The van der Waals surface area contributed by atoms with Crippen LogP contribution in [0.25, 0.3) is 6.08 Å². The highest BCUT2D eigenvalue weighted by atomic mass is 16.6. The van der Waals surface area contributed by atoms with Gasteiger partial charge < -0.3 is 14.2 Å². The molecule has 0 spiro atoms. The van der Waals surface area contributed by atoms with E-state index in [1.807, 2.05) is 27.7 Å². The Hall–Kier alpha value is -3.81. The maximum atomic E-state index is 12.1. The maximum Gasteiger partial charge on any atom is 0.412 e. The summed E-state index contributed by atoms with van der Waals surface area (Å²) in [7, 11) is 0. The van der Waals surface area contributed by atoms with Gasteiger partial charge >= 0.3 is 18.2 Å². The lowest BCUT2D eigenvalue weighted by Gasteiger charge is -2.29. The largest absolute Gasteiger partial charge is 0.444 e. The predicted molar refractivity (Wildman–Crippen MR) is 136 cm³/mol. The number of benzene rings is 2. The van der Waals surface area contributed by atoms with Gasteiger partial charge in [0.05, 0.1) is 0 Å². The normalized spacial score (nSPS) is 11.8. The van der Waals surface area contributed by atoms with Crippen LogP contribution in [0.15, 0.2) is 54.6 Å². The lowest BCUT2D eigenvalue weighted by Crippen LogP contribution is -2.35. The molecule has 188 valence electrons. The van der Waals surface area contributed by atoms with Crippen molar-refractivity contribution in [2.24, 2.45) is 5.92 Å². The summed E-state index contributed by atoms with van der Waals surface area (Å²) in [5.41, 5.74) is 0.663. The van der Waals surface area contributed by atoms with Crippen molar-refractivity contribution in [1.82, 2.24) is 0 Å². The zero-order valence-electron chi connectivity index (χ0n) is 21.3. The molecular weight excluding hydrogens is 448 g/mol. The van der Waals surface area contributed by atoms with Crippen LogP contribution in [0.2, 0.25) is 0 Å². The van der Waals surface area contributed by atoms with E-state index in [9.17, 15) is 14.4 Å². The molecule has 0 saturated carbocycles. The monoisotopic (exact) mass is 482 g/mol. The Balaban J connectivity index is 1.86. The van der Waals surface area contributed by atoms with Gasteiger partial charge in [-0.1, -0.05) is 26.0 Å². The minimum absolute atomic E-state index is 0.173. The first-order valence-corrected chi connectivity index (χ1v) is 11.3. The number of anilines is 2. The summed E-state index contributed by atoms with van der Waals surface area (Å²) in [6.45, 7) is 13.0. The summed E-state index contributed by atoms with van der Waals surface area (Å²) in [4.78, 5) is 36.0. The first kappa shape index (κ1) is 27.4. The van der Waals surface area contributed by atoms with Gasteiger partial charge in [-0.3, -0.25) is 10.6 Å². The fraction of sp³-hybridized carbons (Fsp3) is 0.370. The molecule has 0 bridgehead atoms. The third-order valence-electron chi connectivity index (χ3n) is 5.03. The number of carbonyl (C=O) groups is 3. The molecule has 8 heteroatoms. The van der Waals surface area contributed by atoms with Gasteiger partial charge in [0.15, 0.2) is 0 Å². The SMILES string of the molecule is CC(C)C(C)(C)OC(=O)Nc1ccc(/C=C/C(=O)Oc2ccc(NC(=O)OC(C)(C)C)cc2)cc1. The van der Waals surface area contributed by atoms with Gasteiger partial charge in [0.1, 0.15) is 17.0 Å². The Labute approximate surface area is 206 Å². The third kappa shape index (κ3) is 9.92. The minimum atomic E-state index is -0.598. The molecule has 2 N–H and O–H groups in total. The Morgan fingerprint density at radius 2 is 1.26 bits per heavy atom. The molecule has 0 atom stereocenters. The summed E-state index contributed by atoms with van der Waals surface area (Å²) < 4.78 is 15.9. The fourth-order valence-corrected chi connectivity index (χ4v) is 2.52. The highest BCUT2D eigenvalue weighted by molar-refractivity contribution is 5.89. The van der Waals surface area contributed by atoms with E-state index in [0.29, 0.717) is 17.1 Å². The summed E-state index contributed by atoms with van der Waals surface area (Å²) in [5.74, 6) is -0.0522. The minimum Gasteiger partial charge on any atom is -0.444 e. The number of esters is 1. The predicted octanol–water partition coefficient (Wildman–Crippen LogP) is 6.64. The molecule has 0 aliphatic carbocycles. The lowest BCUT2D eigenvalue weighted by molar-refractivity contribution is -0.128. The molecule has 0 saturated heterocycles. The van der Waals surface area contributed by atoms with Crippen molar-refractivity contribution in [2.45, 2.75) is 59.7 Å². The Kier molecular flexibility index (Phi) is 9.05. The molecule has 0 unspecified atom stereocenters. The molecule has 35 heavy (non-hydrogen) atoms. The zero-order valence-corrected chi connectivity index (χ0v) is 21.3. The van der Waals surface area contributed by atoms with Crippen LogP contribution in [0, 0.1) is 5.92 Å². The van der Waals surface area contributed by atoms with E-state index in [1.54, 1.807) is 75.4 Å². The zero-order chi connectivity index (χ0) is 26.2.